The van der Waals surface area contributed by atoms with Crippen LogP contribution in [-0.2, 0) is 0 Å². The third-order valence-electron chi connectivity index (χ3n) is 2.48. The summed E-state index contributed by atoms with van der Waals surface area (Å²) < 4.78 is 0. The van der Waals surface area contributed by atoms with Crippen molar-refractivity contribution in [3.8, 4) is 11.5 Å². The Kier molecular flexibility index (Phi) is 4.19. The van der Waals surface area contributed by atoms with Crippen LogP contribution in [0.4, 0.5) is 0 Å². The first kappa shape index (κ1) is 12.4. The number of nitrogens with two attached hydrogens (primary N) is 1. The van der Waals surface area contributed by atoms with E-state index in [9.17, 15) is 5.11 Å². The van der Waals surface area contributed by atoms with Crippen LogP contribution in [0.15, 0.2) is 24.3 Å². The van der Waals surface area contributed by atoms with Crippen LogP contribution >= 0.6 is 0 Å². The molecule has 0 radical (unpaired) electrons. The number of hydrogen-bond acceptors (Lipinski definition) is 4. The number of phenols is 2. The molecule has 4 nitrogen and oxygen atoms in total. The Labute approximate surface area is 95.4 Å². The molecule has 1 atom stereocenters. The van der Waals surface area contributed by atoms with Crippen molar-refractivity contribution in [3.63, 3.8) is 0 Å². The highest BCUT2D eigenvalue weighted by Gasteiger charge is 2.05. The van der Waals surface area contributed by atoms with Crippen molar-refractivity contribution in [1.82, 2.24) is 5.32 Å². The van der Waals surface area contributed by atoms with Crippen molar-refractivity contribution in [1.29, 1.82) is 0 Å². The van der Waals surface area contributed by atoms with E-state index in [1.807, 2.05) is 20.0 Å². The Bertz CT molecular complexity index is 389. The van der Waals surface area contributed by atoms with Gasteiger partial charge in [0.15, 0.2) is 0 Å². The summed E-state index contributed by atoms with van der Waals surface area (Å²) in [6, 6.07) is 4.70. The summed E-state index contributed by atoms with van der Waals surface area (Å²) in [6.07, 6.45) is 2.63. The van der Waals surface area contributed by atoms with Crippen LogP contribution in [0.5, 0.6) is 11.5 Å². The second kappa shape index (κ2) is 5.42. The fourth-order valence-corrected chi connectivity index (χ4v) is 1.30. The van der Waals surface area contributed by atoms with Gasteiger partial charge in [-0.3, -0.25) is 0 Å². The predicted octanol–water partition coefficient (Wildman–Crippen LogP) is 1.40. The SMILES string of the molecule is CNC(C)C/C=C(\N)c1ccc(O)cc1O. The molecule has 1 unspecified atom stereocenters. The molecular weight excluding hydrogens is 204 g/mol. The maximum absolute atomic E-state index is 9.59. The van der Waals surface area contributed by atoms with Crippen LogP contribution in [-0.4, -0.2) is 23.3 Å². The number of nitrogens with one attached hydrogen (secondary N) is 1. The molecule has 4 heteroatoms. The molecule has 0 amide bonds. The summed E-state index contributed by atoms with van der Waals surface area (Å²) in [5.74, 6) is 0.0171. The first-order valence-corrected chi connectivity index (χ1v) is 5.20. The maximum atomic E-state index is 9.59. The lowest BCUT2D eigenvalue weighted by molar-refractivity contribution is 0.449. The average Bonchev–Trinajstić information content (AvgIpc) is 2.25. The smallest absolute Gasteiger partial charge is 0.128 e. The first-order chi connectivity index (χ1) is 7.54. The number of phenolic OH excluding ortho intramolecular Hbond substituents is 2. The Morgan fingerprint density at radius 1 is 1.50 bits per heavy atom. The molecule has 1 aromatic rings. The summed E-state index contributed by atoms with van der Waals surface area (Å²) in [7, 11) is 1.88. The Morgan fingerprint density at radius 3 is 2.75 bits per heavy atom. The monoisotopic (exact) mass is 222 g/mol. The van der Waals surface area contributed by atoms with E-state index in [1.165, 1.54) is 12.1 Å². The number of hydrogen-bond donors (Lipinski definition) is 4. The molecule has 16 heavy (non-hydrogen) atoms. The van der Waals surface area contributed by atoms with Gasteiger partial charge in [-0.2, -0.15) is 0 Å². The van der Waals surface area contributed by atoms with Gasteiger partial charge in [0.25, 0.3) is 0 Å². The lowest BCUT2D eigenvalue weighted by atomic mass is 10.1. The molecule has 0 aliphatic heterocycles. The van der Waals surface area contributed by atoms with Gasteiger partial charge in [0.05, 0.1) is 0 Å². The zero-order valence-electron chi connectivity index (χ0n) is 9.57. The van der Waals surface area contributed by atoms with Crippen molar-refractivity contribution in [2.75, 3.05) is 7.05 Å². The van der Waals surface area contributed by atoms with Crippen molar-refractivity contribution in [2.24, 2.45) is 5.73 Å². The second-order valence-corrected chi connectivity index (χ2v) is 3.79. The van der Waals surface area contributed by atoms with Gasteiger partial charge in [0, 0.05) is 23.4 Å². The van der Waals surface area contributed by atoms with Crippen LogP contribution in [0.25, 0.3) is 5.70 Å². The average molecular weight is 222 g/mol. The number of aromatic hydroxyl groups is 2. The summed E-state index contributed by atoms with van der Waals surface area (Å²) in [6.45, 7) is 2.04. The molecular formula is C12H18N2O2. The van der Waals surface area contributed by atoms with E-state index < -0.39 is 0 Å². The van der Waals surface area contributed by atoms with E-state index in [1.54, 1.807) is 6.07 Å². The van der Waals surface area contributed by atoms with Crippen LogP contribution in [0.2, 0.25) is 0 Å². The second-order valence-electron chi connectivity index (χ2n) is 3.79. The fraction of sp³-hybridized carbons (Fsp3) is 0.333. The van der Waals surface area contributed by atoms with Crippen molar-refractivity contribution in [3.05, 3.63) is 29.8 Å². The maximum Gasteiger partial charge on any atom is 0.128 e. The summed E-state index contributed by atoms with van der Waals surface area (Å²) in [5.41, 5.74) is 6.90. The summed E-state index contributed by atoms with van der Waals surface area (Å²) in [4.78, 5) is 0. The minimum atomic E-state index is -0.00846. The quantitative estimate of drug-likeness (QED) is 0.621. The van der Waals surface area contributed by atoms with Crippen LogP contribution in [0.3, 0.4) is 0 Å². The Morgan fingerprint density at radius 2 is 2.19 bits per heavy atom. The van der Waals surface area contributed by atoms with Crippen LogP contribution in [0, 0.1) is 0 Å². The van der Waals surface area contributed by atoms with E-state index in [4.69, 9.17) is 10.8 Å². The van der Waals surface area contributed by atoms with E-state index in [2.05, 4.69) is 5.32 Å². The molecule has 0 aliphatic carbocycles. The van der Waals surface area contributed by atoms with Gasteiger partial charge >= 0.3 is 0 Å². The highest BCUT2D eigenvalue weighted by atomic mass is 16.3. The topological polar surface area (TPSA) is 78.5 Å². The molecule has 0 fully saturated rings. The largest absolute Gasteiger partial charge is 0.508 e. The van der Waals surface area contributed by atoms with Crippen molar-refractivity contribution < 1.29 is 10.2 Å². The third kappa shape index (κ3) is 3.17. The van der Waals surface area contributed by atoms with Gasteiger partial charge < -0.3 is 21.3 Å². The van der Waals surface area contributed by atoms with Crippen LogP contribution in [0.1, 0.15) is 18.9 Å². The molecule has 0 aromatic heterocycles. The fourth-order valence-electron chi connectivity index (χ4n) is 1.30. The molecule has 0 saturated heterocycles. The molecule has 0 heterocycles. The van der Waals surface area contributed by atoms with Crippen LogP contribution < -0.4 is 11.1 Å². The Balaban J connectivity index is 2.83. The minimum Gasteiger partial charge on any atom is -0.508 e. The third-order valence-corrected chi connectivity index (χ3v) is 2.48. The normalized spacial score (nSPS) is 13.8. The number of rotatable bonds is 4. The van der Waals surface area contributed by atoms with Crippen molar-refractivity contribution in [2.45, 2.75) is 19.4 Å². The van der Waals surface area contributed by atoms with Gasteiger partial charge in [-0.05, 0) is 32.5 Å². The summed E-state index contributed by atoms with van der Waals surface area (Å²) >= 11 is 0. The predicted molar refractivity (Wildman–Crippen MR) is 65.1 cm³/mol. The van der Waals surface area contributed by atoms with E-state index in [0.717, 1.165) is 6.42 Å². The molecule has 0 saturated carbocycles. The van der Waals surface area contributed by atoms with Gasteiger partial charge in [-0.15, -0.1) is 0 Å². The van der Waals surface area contributed by atoms with Gasteiger partial charge in [0.2, 0.25) is 0 Å². The lowest BCUT2D eigenvalue weighted by Crippen LogP contribution is -2.20. The molecule has 1 aromatic carbocycles. The number of benzene rings is 1. The molecule has 1 rings (SSSR count). The zero-order valence-corrected chi connectivity index (χ0v) is 9.57. The Hall–Kier alpha value is -1.68. The summed E-state index contributed by atoms with van der Waals surface area (Å²) in [5, 5.41) is 21.8. The molecule has 0 aliphatic rings. The molecule has 5 N–H and O–H groups in total. The standard InChI is InChI=1S/C12H18N2O2/c1-8(14-2)3-6-11(13)10-5-4-9(15)7-12(10)16/h4-8,14-16H,3,13H2,1-2H3/b11-6-. The highest BCUT2D eigenvalue weighted by Crippen LogP contribution is 2.26. The molecule has 0 bridgehead atoms. The highest BCUT2D eigenvalue weighted by molar-refractivity contribution is 5.68. The first-order valence-electron chi connectivity index (χ1n) is 5.20. The van der Waals surface area contributed by atoms with Gasteiger partial charge in [0.1, 0.15) is 11.5 Å². The van der Waals surface area contributed by atoms with E-state index in [-0.39, 0.29) is 11.5 Å². The molecule has 88 valence electrons. The van der Waals surface area contributed by atoms with Gasteiger partial charge in [-0.25, -0.2) is 0 Å². The van der Waals surface area contributed by atoms with Crippen molar-refractivity contribution >= 4 is 5.70 Å². The van der Waals surface area contributed by atoms with E-state index >= 15 is 0 Å². The lowest BCUT2D eigenvalue weighted by Gasteiger charge is -2.09. The van der Waals surface area contributed by atoms with Gasteiger partial charge in [-0.1, -0.05) is 6.08 Å². The van der Waals surface area contributed by atoms with E-state index in [0.29, 0.717) is 17.3 Å². The molecule has 0 spiro atoms. The zero-order chi connectivity index (χ0) is 12.1. The minimum absolute atomic E-state index is 0.00846.